The average Bonchev–Trinajstić information content (AvgIpc) is 3.39. The van der Waals surface area contributed by atoms with Crippen LogP contribution in [-0.4, -0.2) is 141 Å². The molecule has 4 aromatic carbocycles. The van der Waals surface area contributed by atoms with Crippen LogP contribution in [0.15, 0.2) is 121 Å². The largest absolute Gasteiger partial charge is 0.481 e. The number of benzene rings is 4. The summed E-state index contributed by atoms with van der Waals surface area (Å²) in [6.07, 6.45) is 2.37. The molecule has 0 fully saturated rings. The number of hydrogen-bond donors (Lipinski definition) is 3. The third-order valence-electron chi connectivity index (χ3n) is 13.2. The van der Waals surface area contributed by atoms with Gasteiger partial charge in [-0.1, -0.05) is 128 Å². The first-order chi connectivity index (χ1) is 34.9. The van der Waals surface area contributed by atoms with Gasteiger partial charge in [-0.3, -0.25) is 38.4 Å². The summed E-state index contributed by atoms with van der Waals surface area (Å²) in [5, 5.41) is 9.07. The number of hydrogen-bond acceptors (Lipinski definition) is 9. The second-order valence-electron chi connectivity index (χ2n) is 18.4. The first-order valence-electron chi connectivity index (χ1n) is 25.0. The number of carbonyl (C=O) groups excluding carboxylic acids is 7. The van der Waals surface area contributed by atoms with E-state index in [1.54, 1.807) is 27.7 Å². The number of unbranched alkanes of at least 4 members (excludes halogenated alkanes) is 3. The summed E-state index contributed by atoms with van der Waals surface area (Å²) in [5.41, 5.74) is 14.5. The van der Waals surface area contributed by atoms with Crippen LogP contribution >= 0.6 is 0 Å². The molecule has 17 nitrogen and oxygen atoms in total. The highest BCUT2D eigenvalue weighted by Gasteiger charge is 2.35. The van der Waals surface area contributed by atoms with Crippen molar-refractivity contribution in [2.45, 2.75) is 97.3 Å². The van der Waals surface area contributed by atoms with Gasteiger partial charge >= 0.3 is 5.97 Å². The molecule has 0 aromatic heterocycles. The second kappa shape index (κ2) is 29.8. The van der Waals surface area contributed by atoms with Gasteiger partial charge in [-0.25, -0.2) is 0 Å². The van der Waals surface area contributed by atoms with Crippen molar-refractivity contribution < 1.29 is 43.5 Å². The smallest absolute Gasteiger partial charge is 0.303 e. The number of carboxylic acids is 1. The molecule has 0 heterocycles. The summed E-state index contributed by atoms with van der Waals surface area (Å²) < 4.78 is 0. The van der Waals surface area contributed by atoms with E-state index in [1.165, 1.54) is 36.3 Å². The number of primary amides is 1. The summed E-state index contributed by atoms with van der Waals surface area (Å²) in [5.74, 6) is -4.73. The van der Waals surface area contributed by atoms with E-state index in [2.05, 4.69) is 0 Å². The number of nitrogens with zero attached hydrogens (tertiary/aromatic N) is 6. The van der Waals surface area contributed by atoms with Gasteiger partial charge in [0.1, 0.15) is 19.6 Å². The van der Waals surface area contributed by atoms with Crippen molar-refractivity contribution in [3.63, 3.8) is 0 Å². The number of rotatable bonds is 30. The highest BCUT2D eigenvalue weighted by Crippen LogP contribution is 2.27. The minimum atomic E-state index is -0.914. The third kappa shape index (κ3) is 18.3. The first kappa shape index (κ1) is 58.2. The normalized spacial score (nSPS) is 12.6. The van der Waals surface area contributed by atoms with E-state index in [-0.39, 0.29) is 32.0 Å². The fourth-order valence-electron chi connectivity index (χ4n) is 8.65. The highest BCUT2D eigenvalue weighted by atomic mass is 16.4. The summed E-state index contributed by atoms with van der Waals surface area (Å²) in [7, 11) is 0. The number of amides is 7. The molecule has 73 heavy (non-hydrogen) atoms. The number of aliphatic carboxylic acids is 1. The Labute approximate surface area is 430 Å². The van der Waals surface area contributed by atoms with Crippen LogP contribution in [0.5, 0.6) is 0 Å². The molecule has 0 aliphatic carbocycles. The van der Waals surface area contributed by atoms with Crippen LogP contribution in [0.4, 0.5) is 0 Å². The zero-order valence-electron chi connectivity index (χ0n) is 43.0. The Morgan fingerprint density at radius 2 is 0.740 bits per heavy atom. The van der Waals surface area contributed by atoms with Gasteiger partial charge < -0.3 is 46.0 Å². The monoisotopic (exact) mass is 1000 g/mol. The zero-order valence-corrected chi connectivity index (χ0v) is 43.0. The van der Waals surface area contributed by atoms with Crippen molar-refractivity contribution in [3.05, 3.63) is 144 Å². The molecule has 0 saturated carbocycles. The van der Waals surface area contributed by atoms with Crippen molar-refractivity contribution in [2.75, 3.05) is 58.9 Å². The lowest BCUT2D eigenvalue weighted by Crippen LogP contribution is -2.52. The van der Waals surface area contributed by atoms with E-state index in [0.29, 0.717) is 44.2 Å². The van der Waals surface area contributed by atoms with Crippen molar-refractivity contribution in [2.24, 2.45) is 11.5 Å². The Kier molecular flexibility index (Phi) is 23.8. The van der Waals surface area contributed by atoms with Crippen LogP contribution in [0.1, 0.15) is 120 Å². The maximum absolute atomic E-state index is 15.0. The predicted octanol–water partition coefficient (Wildman–Crippen LogP) is 5.89. The average molecular weight is 1000 g/mol. The molecule has 4 rings (SSSR count). The summed E-state index contributed by atoms with van der Waals surface area (Å²) in [6.45, 7) is 6.49. The van der Waals surface area contributed by atoms with E-state index < -0.39 is 98.3 Å². The molecule has 0 saturated heterocycles. The summed E-state index contributed by atoms with van der Waals surface area (Å²) >= 11 is 0. The quantitative estimate of drug-likeness (QED) is 0.0525. The Morgan fingerprint density at radius 1 is 0.425 bits per heavy atom. The molecule has 4 aromatic rings. The van der Waals surface area contributed by atoms with E-state index in [0.717, 1.165) is 16.7 Å². The molecular weight excluding hydrogens is 929 g/mol. The number of carboxylic acid groups (broad SMARTS) is 1. The molecule has 17 heteroatoms. The van der Waals surface area contributed by atoms with Gasteiger partial charge in [0.25, 0.3) is 0 Å². The SMILES string of the molecule is CC(=O)N(CCCCCC(=O)O)CC(=O)N(CC(=O)N(CC(=O)N(CCCCN)CC(=O)N(CC(=O)N(CC(N)=O)[C@@H](C)c1ccccc1)[C@@H](C)c1ccccc1)[C@@H](C)c1ccccc1)[C@@H](C)c1ccccc1. The van der Waals surface area contributed by atoms with Crippen LogP contribution < -0.4 is 11.5 Å². The Morgan fingerprint density at radius 3 is 1.08 bits per heavy atom. The molecular formula is C56H74N8O9. The van der Waals surface area contributed by atoms with Crippen LogP contribution in [0.2, 0.25) is 0 Å². The fraction of sp³-hybridized carbons (Fsp3) is 0.429. The highest BCUT2D eigenvalue weighted by molar-refractivity contribution is 5.93. The third-order valence-corrected chi connectivity index (χ3v) is 13.2. The minimum absolute atomic E-state index is 0.00786. The molecule has 0 bridgehead atoms. The van der Waals surface area contributed by atoms with Crippen molar-refractivity contribution in [3.8, 4) is 0 Å². The minimum Gasteiger partial charge on any atom is -0.481 e. The summed E-state index contributed by atoms with van der Waals surface area (Å²) in [4.78, 5) is 118. The molecule has 0 aliphatic rings. The van der Waals surface area contributed by atoms with Gasteiger partial charge in [0.15, 0.2) is 0 Å². The number of nitrogens with two attached hydrogens (primary N) is 2. The maximum Gasteiger partial charge on any atom is 0.303 e. The molecule has 0 unspecified atom stereocenters. The lowest BCUT2D eigenvalue weighted by molar-refractivity contribution is -0.150. The predicted molar refractivity (Wildman–Crippen MR) is 279 cm³/mol. The first-order valence-corrected chi connectivity index (χ1v) is 25.0. The number of carbonyl (C=O) groups is 8. The van der Waals surface area contributed by atoms with E-state index >= 15 is 4.79 Å². The van der Waals surface area contributed by atoms with Gasteiger partial charge in [-0.05, 0) is 82.2 Å². The van der Waals surface area contributed by atoms with Crippen LogP contribution in [0.25, 0.3) is 0 Å². The zero-order chi connectivity index (χ0) is 53.5. The molecule has 5 N–H and O–H groups in total. The Balaban J connectivity index is 1.70. The Bertz CT molecular complexity index is 2410. The van der Waals surface area contributed by atoms with Gasteiger partial charge in [0.05, 0.1) is 43.8 Å². The standard InChI is InChI=1S/C56H74N8O9/c1-41(46-23-11-6-12-24-46)61(35-50(58)66)54(70)39-64(44(4)49-29-17-9-18-30-49)53(69)37-60(34-22-20-32-57)51(67)38-62(42(2)47-25-13-7-14-26-47)55(71)40-63(43(3)48-27-15-8-16-28-48)52(68)36-59(45(5)65)33-21-10-19-31-56(72)73/h6-9,11-18,23-30,41-44H,10,19-22,31-40,57H2,1-5H3,(H2,58,66)(H,72,73)/t41-,42-,43-,44-/m0/s1. The molecule has 0 spiro atoms. The van der Waals surface area contributed by atoms with E-state index in [1.807, 2.05) is 121 Å². The summed E-state index contributed by atoms with van der Waals surface area (Å²) in [6, 6.07) is 33.9. The molecule has 392 valence electrons. The van der Waals surface area contributed by atoms with Crippen molar-refractivity contribution in [1.82, 2.24) is 29.4 Å². The molecule has 0 radical (unpaired) electrons. The molecule has 7 amide bonds. The lowest BCUT2D eigenvalue weighted by atomic mass is 10.0. The van der Waals surface area contributed by atoms with Crippen molar-refractivity contribution in [1.29, 1.82) is 0 Å². The molecule has 0 aliphatic heterocycles. The second-order valence-corrected chi connectivity index (χ2v) is 18.4. The lowest BCUT2D eigenvalue weighted by Gasteiger charge is -2.37. The van der Waals surface area contributed by atoms with E-state index in [9.17, 15) is 33.6 Å². The topological polar surface area (TPSA) is 228 Å². The fourth-order valence-corrected chi connectivity index (χ4v) is 8.65. The Hall–Kier alpha value is -7.40. The molecule has 4 atom stereocenters. The van der Waals surface area contributed by atoms with Gasteiger partial charge in [-0.15, -0.1) is 0 Å². The van der Waals surface area contributed by atoms with Gasteiger partial charge in [0.2, 0.25) is 41.4 Å². The van der Waals surface area contributed by atoms with Crippen molar-refractivity contribution >= 4 is 47.3 Å². The van der Waals surface area contributed by atoms with Gasteiger partial charge in [0, 0.05) is 26.4 Å². The van der Waals surface area contributed by atoms with E-state index in [4.69, 9.17) is 16.6 Å². The van der Waals surface area contributed by atoms with Gasteiger partial charge in [-0.2, -0.15) is 0 Å². The van der Waals surface area contributed by atoms with Crippen LogP contribution in [0, 0.1) is 0 Å². The van der Waals surface area contributed by atoms with Crippen LogP contribution in [0.3, 0.4) is 0 Å². The maximum atomic E-state index is 15.0. The van der Waals surface area contributed by atoms with Crippen LogP contribution in [-0.2, 0) is 38.4 Å².